The lowest BCUT2D eigenvalue weighted by molar-refractivity contribution is 0.581. The van der Waals surface area contributed by atoms with Crippen LogP contribution in [0.4, 0.5) is 0 Å². The Morgan fingerprint density at radius 1 is 1.11 bits per heavy atom. The molecule has 0 amide bonds. The molecule has 2 nitrogen and oxygen atoms in total. The number of fused-ring (bicyclic) bond motifs is 1. The van der Waals surface area contributed by atoms with Crippen LogP contribution in [-0.4, -0.2) is 9.55 Å². The molecule has 0 unspecified atom stereocenters. The van der Waals surface area contributed by atoms with Gasteiger partial charge in [-0.1, -0.05) is 49.4 Å². The maximum atomic E-state index is 6.09. The van der Waals surface area contributed by atoms with E-state index in [9.17, 15) is 0 Å². The minimum Gasteiger partial charge on any atom is -0.327 e. The lowest BCUT2D eigenvalue weighted by atomic mass is 10.2. The quantitative estimate of drug-likeness (QED) is 0.496. The summed E-state index contributed by atoms with van der Waals surface area (Å²) in [6.07, 6.45) is 4.84. The van der Waals surface area contributed by atoms with Gasteiger partial charge in [0.05, 0.1) is 27.0 Å². The van der Waals surface area contributed by atoms with Crippen LogP contribution in [0, 0.1) is 0 Å². The largest absolute Gasteiger partial charge is 0.327 e. The van der Waals surface area contributed by atoms with E-state index in [1.807, 2.05) is 6.07 Å². The highest BCUT2D eigenvalue weighted by molar-refractivity contribution is 6.42. The first kappa shape index (κ1) is 15.0. The first-order valence-corrected chi connectivity index (χ1v) is 7.86. The maximum absolute atomic E-state index is 6.09. The number of unbranched alkanes of at least 4 members (excludes halogenated alkanes) is 3. The third kappa shape index (κ3) is 3.36. The van der Waals surface area contributed by atoms with E-state index in [-0.39, 0.29) is 0 Å². The zero-order valence-corrected chi connectivity index (χ0v) is 13.2. The Labute approximate surface area is 128 Å². The topological polar surface area (TPSA) is 17.8 Å². The van der Waals surface area contributed by atoms with E-state index in [1.165, 1.54) is 19.3 Å². The molecule has 0 fully saturated rings. The van der Waals surface area contributed by atoms with Crippen LogP contribution in [0.2, 0.25) is 10.0 Å². The Hall–Kier alpha value is -0.440. The predicted octanol–water partition coefficient (Wildman–Crippen LogP) is 5.66. The number of hydrogen-bond donors (Lipinski definition) is 0. The van der Waals surface area contributed by atoms with E-state index >= 15 is 0 Å². The van der Waals surface area contributed by atoms with Gasteiger partial charge in [-0.15, -0.1) is 11.6 Å². The fourth-order valence-corrected chi connectivity index (χ4v) is 2.74. The summed E-state index contributed by atoms with van der Waals surface area (Å²) in [4.78, 5) is 4.52. The Morgan fingerprint density at radius 3 is 2.53 bits per heavy atom. The Kier molecular flexibility index (Phi) is 5.37. The predicted molar refractivity (Wildman–Crippen MR) is 83.5 cm³/mol. The number of halogens is 3. The third-order valence-corrected chi connectivity index (χ3v) is 4.19. The molecule has 0 saturated carbocycles. The normalized spacial score (nSPS) is 11.4. The Bertz CT molecular complexity index is 563. The average Bonchev–Trinajstić information content (AvgIpc) is 2.73. The third-order valence-electron chi connectivity index (χ3n) is 3.22. The molecular formula is C14H17Cl3N2. The summed E-state index contributed by atoms with van der Waals surface area (Å²) in [7, 11) is 0. The highest BCUT2D eigenvalue weighted by Gasteiger charge is 2.12. The summed E-state index contributed by atoms with van der Waals surface area (Å²) in [5.41, 5.74) is 1.88. The van der Waals surface area contributed by atoms with Crippen molar-refractivity contribution in [1.29, 1.82) is 0 Å². The smallest absolute Gasteiger partial charge is 0.124 e. The van der Waals surface area contributed by atoms with Gasteiger partial charge < -0.3 is 4.57 Å². The second-order valence-corrected chi connectivity index (χ2v) is 5.71. The van der Waals surface area contributed by atoms with Crippen molar-refractivity contribution in [2.45, 2.75) is 45.0 Å². The van der Waals surface area contributed by atoms with Crippen molar-refractivity contribution >= 4 is 45.8 Å². The van der Waals surface area contributed by atoms with Crippen molar-refractivity contribution in [3.63, 3.8) is 0 Å². The molecule has 1 aromatic heterocycles. The van der Waals surface area contributed by atoms with Crippen LogP contribution < -0.4 is 0 Å². The molecule has 2 rings (SSSR count). The zero-order chi connectivity index (χ0) is 13.8. The first-order valence-electron chi connectivity index (χ1n) is 6.57. The van der Waals surface area contributed by atoms with Gasteiger partial charge in [0, 0.05) is 6.54 Å². The van der Waals surface area contributed by atoms with Crippen molar-refractivity contribution in [3.8, 4) is 0 Å². The van der Waals surface area contributed by atoms with E-state index in [0.29, 0.717) is 15.9 Å². The molecule has 0 radical (unpaired) electrons. The fraction of sp³-hybridized carbons (Fsp3) is 0.500. The lowest BCUT2D eigenvalue weighted by Crippen LogP contribution is -2.02. The monoisotopic (exact) mass is 318 g/mol. The van der Waals surface area contributed by atoms with Crippen molar-refractivity contribution in [3.05, 3.63) is 28.0 Å². The van der Waals surface area contributed by atoms with Gasteiger partial charge in [0.1, 0.15) is 5.82 Å². The van der Waals surface area contributed by atoms with E-state index < -0.39 is 0 Å². The fourth-order valence-electron chi connectivity index (χ4n) is 2.22. The summed E-state index contributed by atoms with van der Waals surface area (Å²) in [6.45, 7) is 3.13. The summed E-state index contributed by atoms with van der Waals surface area (Å²) >= 11 is 18.1. The van der Waals surface area contributed by atoms with Crippen LogP contribution >= 0.6 is 34.8 Å². The average molecular weight is 320 g/mol. The summed E-state index contributed by atoms with van der Waals surface area (Å²) < 4.78 is 2.15. The second-order valence-electron chi connectivity index (χ2n) is 4.63. The molecule has 0 saturated heterocycles. The van der Waals surface area contributed by atoms with Crippen molar-refractivity contribution in [2.75, 3.05) is 0 Å². The number of alkyl halides is 1. The van der Waals surface area contributed by atoms with Crippen molar-refractivity contribution in [1.82, 2.24) is 9.55 Å². The van der Waals surface area contributed by atoms with Gasteiger partial charge in [0.2, 0.25) is 0 Å². The summed E-state index contributed by atoms with van der Waals surface area (Å²) in [6, 6.07) is 3.68. The van der Waals surface area contributed by atoms with Crippen molar-refractivity contribution in [2.24, 2.45) is 0 Å². The number of benzene rings is 1. The molecule has 1 aromatic carbocycles. The maximum Gasteiger partial charge on any atom is 0.124 e. The number of aryl methyl sites for hydroxylation is 1. The van der Waals surface area contributed by atoms with E-state index in [1.54, 1.807) is 6.07 Å². The molecule has 0 aliphatic rings. The minimum absolute atomic E-state index is 0.400. The molecule has 104 valence electrons. The molecule has 0 aliphatic heterocycles. The van der Waals surface area contributed by atoms with Crippen molar-refractivity contribution < 1.29 is 0 Å². The van der Waals surface area contributed by atoms with Crippen LogP contribution in [0.25, 0.3) is 11.0 Å². The highest BCUT2D eigenvalue weighted by Crippen LogP contribution is 2.29. The molecule has 0 spiro atoms. The van der Waals surface area contributed by atoms with Gasteiger partial charge in [-0.3, -0.25) is 0 Å². The van der Waals surface area contributed by atoms with Crippen LogP contribution in [0.15, 0.2) is 12.1 Å². The summed E-state index contributed by atoms with van der Waals surface area (Å²) in [5.74, 6) is 1.28. The van der Waals surface area contributed by atoms with Crippen LogP contribution in [-0.2, 0) is 12.4 Å². The molecule has 0 bridgehead atoms. The second kappa shape index (κ2) is 6.83. The van der Waals surface area contributed by atoms with Gasteiger partial charge >= 0.3 is 0 Å². The van der Waals surface area contributed by atoms with Crippen LogP contribution in [0.5, 0.6) is 0 Å². The molecule has 1 heterocycles. The summed E-state index contributed by atoms with van der Waals surface area (Å²) in [5, 5.41) is 1.09. The molecule has 0 aliphatic carbocycles. The van der Waals surface area contributed by atoms with Crippen LogP contribution in [0.3, 0.4) is 0 Å². The molecule has 5 heteroatoms. The van der Waals surface area contributed by atoms with Gasteiger partial charge in [0.25, 0.3) is 0 Å². The SMILES string of the molecule is CCCCCCn1c(CCl)nc2cc(Cl)c(Cl)cc21. The molecule has 2 aromatic rings. The number of hydrogen-bond acceptors (Lipinski definition) is 1. The zero-order valence-electron chi connectivity index (χ0n) is 10.9. The van der Waals surface area contributed by atoms with Gasteiger partial charge in [-0.25, -0.2) is 4.98 Å². The van der Waals surface area contributed by atoms with Gasteiger partial charge in [0.15, 0.2) is 0 Å². The van der Waals surface area contributed by atoms with E-state index in [2.05, 4.69) is 16.5 Å². The van der Waals surface area contributed by atoms with Gasteiger partial charge in [-0.05, 0) is 18.6 Å². The van der Waals surface area contributed by atoms with Gasteiger partial charge in [-0.2, -0.15) is 0 Å². The lowest BCUT2D eigenvalue weighted by Gasteiger charge is -2.07. The Morgan fingerprint density at radius 2 is 1.84 bits per heavy atom. The number of imidazole rings is 1. The molecular weight excluding hydrogens is 303 g/mol. The number of nitrogens with zero attached hydrogens (tertiary/aromatic N) is 2. The first-order chi connectivity index (χ1) is 9.17. The molecule has 0 atom stereocenters. The van der Waals surface area contributed by atoms with E-state index in [4.69, 9.17) is 34.8 Å². The van der Waals surface area contributed by atoms with E-state index in [0.717, 1.165) is 29.8 Å². The highest BCUT2D eigenvalue weighted by atomic mass is 35.5. The number of aromatic nitrogens is 2. The van der Waals surface area contributed by atoms with Crippen LogP contribution in [0.1, 0.15) is 38.4 Å². The standard InChI is InChI=1S/C14H17Cl3N2/c1-2-3-4-5-6-19-13-8-11(17)10(16)7-12(13)18-14(19)9-15/h7-8H,2-6,9H2,1H3. The minimum atomic E-state index is 0.400. The molecule has 19 heavy (non-hydrogen) atoms. The number of rotatable bonds is 6. The Balaban J connectivity index is 2.31. The molecule has 0 N–H and O–H groups in total.